The van der Waals surface area contributed by atoms with E-state index in [0.29, 0.717) is 0 Å². The summed E-state index contributed by atoms with van der Waals surface area (Å²) in [6.07, 6.45) is 5.47. The van der Waals surface area contributed by atoms with Crippen molar-refractivity contribution < 1.29 is 0 Å². The Morgan fingerprint density at radius 3 is 2.61 bits per heavy atom. The minimum Gasteiger partial charge on any atom is -0.337 e. The van der Waals surface area contributed by atoms with Crippen molar-refractivity contribution in [1.82, 2.24) is 30.1 Å². The van der Waals surface area contributed by atoms with Crippen LogP contribution in [0.3, 0.4) is 0 Å². The average molecular weight is 402 g/mol. The molecule has 0 radical (unpaired) electrons. The Morgan fingerprint density at radius 1 is 0.806 bits per heavy atom. The van der Waals surface area contributed by atoms with Crippen LogP contribution >= 0.6 is 0 Å². The zero-order valence-corrected chi connectivity index (χ0v) is 16.8. The molecule has 0 aliphatic rings. The number of rotatable bonds is 3. The quantitative estimate of drug-likeness (QED) is 0.407. The van der Waals surface area contributed by atoms with E-state index in [2.05, 4.69) is 50.3 Å². The summed E-state index contributed by atoms with van der Waals surface area (Å²) < 4.78 is 0. The fourth-order valence-corrected chi connectivity index (χ4v) is 4.06. The second-order valence-corrected chi connectivity index (χ2v) is 7.53. The molecule has 6 nitrogen and oxygen atoms in total. The third-order valence-corrected chi connectivity index (χ3v) is 5.56. The van der Waals surface area contributed by atoms with Crippen LogP contribution in [0.2, 0.25) is 0 Å². The Labute approximate surface area is 178 Å². The molecule has 0 bridgehead atoms. The highest BCUT2D eigenvalue weighted by Crippen LogP contribution is 2.36. The molecule has 0 fully saturated rings. The lowest BCUT2D eigenvalue weighted by molar-refractivity contribution is 1.11. The molecular weight excluding hydrogens is 384 g/mol. The van der Waals surface area contributed by atoms with Crippen molar-refractivity contribution in [2.45, 2.75) is 6.92 Å². The summed E-state index contributed by atoms with van der Waals surface area (Å²) in [5.41, 5.74) is 8.92. The van der Waals surface area contributed by atoms with Crippen molar-refractivity contribution in [2.75, 3.05) is 0 Å². The summed E-state index contributed by atoms with van der Waals surface area (Å²) in [5, 5.41) is 8.70. The number of nitrogens with one attached hydrogen (secondary N) is 2. The molecule has 6 aromatic rings. The summed E-state index contributed by atoms with van der Waals surface area (Å²) in [4.78, 5) is 17.1. The molecule has 0 unspecified atom stereocenters. The highest BCUT2D eigenvalue weighted by atomic mass is 15.1. The van der Waals surface area contributed by atoms with E-state index in [1.807, 2.05) is 54.9 Å². The smallest absolute Gasteiger partial charge is 0.159 e. The van der Waals surface area contributed by atoms with Gasteiger partial charge in [-0.2, -0.15) is 5.10 Å². The lowest BCUT2D eigenvalue weighted by Gasteiger charge is -2.12. The standard InChI is InChI=1S/C25H18N6/c1-15-10-12-27-23(17-5-4-11-26-14-17)22(15)16-8-9-19-18(13-16)24(31-30-19)25-28-20-6-2-3-7-21(20)29-25/h2-14H,1H3,(H,28,29)(H,30,31). The first-order chi connectivity index (χ1) is 15.3. The number of hydrogen-bond acceptors (Lipinski definition) is 4. The van der Waals surface area contributed by atoms with E-state index >= 15 is 0 Å². The van der Waals surface area contributed by atoms with Gasteiger partial charge in [-0.3, -0.25) is 15.1 Å². The molecule has 0 saturated carbocycles. The van der Waals surface area contributed by atoms with Crippen LogP contribution in [0.5, 0.6) is 0 Å². The van der Waals surface area contributed by atoms with Gasteiger partial charge < -0.3 is 4.98 Å². The van der Waals surface area contributed by atoms with Gasteiger partial charge in [0.15, 0.2) is 5.82 Å². The maximum Gasteiger partial charge on any atom is 0.159 e. The second-order valence-electron chi connectivity index (χ2n) is 7.53. The van der Waals surface area contributed by atoms with Gasteiger partial charge in [-0.1, -0.05) is 18.2 Å². The van der Waals surface area contributed by atoms with Crippen molar-refractivity contribution >= 4 is 21.9 Å². The van der Waals surface area contributed by atoms with Gasteiger partial charge in [-0.25, -0.2) is 4.98 Å². The van der Waals surface area contributed by atoms with Gasteiger partial charge in [0.2, 0.25) is 0 Å². The van der Waals surface area contributed by atoms with Crippen LogP contribution in [-0.2, 0) is 0 Å². The number of imidazole rings is 1. The van der Waals surface area contributed by atoms with Gasteiger partial charge in [-0.15, -0.1) is 0 Å². The van der Waals surface area contributed by atoms with Gasteiger partial charge in [0, 0.05) is 35.1 Å². The third kappa shape index (κ3) is 2.88. The maximum absolute atomic E-state index is 4.73. The minimum atomic E-state index is 0.750. The fraction of sp³-hybridized carbons (Fsp3) is 0.0400. The lowest BCUT2D eigenvalue weighted by Crippen LogP contribution is -1.93. The predicted octanol–water partition coefficient (Wildman–Crippen LogP) is 5.54. The van der Waals surface area contributed by atoms with Crippen molar-refractivity contribution in [1.29, 1.82) is 0 Å². The highest BCUT2D eigenvalue weighted by Gasteiger charge is 2.16. The van der Waals surface area contributed by atoms with Crippen LogP contribution in [0, 0.1) is 6.92 Å². The third-order valence-electron chi connectivity index (χ3n) is 5.56. The number of nitrogens with zero attached hydrogens (tertiary/aromatic N) is 4. The number of para-hydroxylation sites is 2. The molecule has 4 aromatic heterocycles. The van der Waals surface area contributed by atoms with E-state index in [9.17, 15) is 0 Å². The number of aromatic amines is 2. The number of benzene rings is 2. The number of aromatic nitrogens is 6. The Kier molecular flexibility index (Phi) is 3.89. The van der Waals surface area contributed by atoms with Crippen LogP contribution in [-0.4, -0.2) is 30.1 Å². The van der Waals surface area contributed by atoms with Crippen LogP contribution in [0.1, 0.15) is 5.56 Å². The summed E-state index contributed by atoms with van der Waals surface area (Å²) in [6.45, 7) is 2.11. The molecule has 31 heavy (non-hydrogen) atoms. The molecule has 4 heterocycles. The molecule has 6 heteroatoms. The zero-order valence-electron chi connectivity index (χ0n) is 16.8. The van der Waals surface area contributed by atoms with E-state index in [-0.39, 0.29) is 0 Å². The first kappa shape index (κ1) is 17.5. The van der Waals surface area contributed by atoms with Crippen molar-refractivity contribution in [3.05, 3.63) is 84.8 Å². The normalized spacial score (nSPS) is 11.4. The molecule has 0 saturated heterocycles. The summed E-state index contributed by atoms with van der Waals surface area (Å²) in [7, 11) is 0. The summed E-state index contributed by atoms with van der Waals surface area (Å²) >= 11 is 0. The number of pyridine rings is 2. The molecule has 0 amide bonds. The van der Waals surface area contributed by atoms with Gasteiger partial charge in [0.25, 0.3) is 0 Å². The monoisotopic (exact) mass is 402 g/mol. The van der Waals surface area contributed by atoms with Crippen LogP contribution < -0.4 is 0 Å². The summed E-state index contributed by atoms with van der Waals surface area (Å²) in [5.74, 6) is 0.750. The maximum atomic E-state index is 4.73. The van der Waals surface area contributed by atoms with Gasteiger partial charge in [0.1, 0.15) is 5.69 Å². The van der Waals surface area contributed by atoms with Gasteiger partial charge in [0.05, 0.1) is 22.2 Å². The predicted molar refractivity (Wildman–Crippen MR) is 122 cm³/mol. The molecule has 2 N–H and O–H groups in total. The summed E-state index contributed by atoms with van der Waals surface area (Å²) in [6, 6.07) is 20.3. The van der Waals surface area contributed by atoms with Gasteiger partial charge >= 0.3 is 0 Å². The topological polar surface area (TPSA) is 83.1 Å². The largest absolute Gasteiger partial charge is 0.337 e. The number of aryl methyl sites for hydroxylation is 1. The molecule has 2 aromatic carbocycles. The van der Waals surface area contributed by atoms with Crippen LogP contribution in [0.15, 0.2) is 79.3 Å². The van der Waals surface area contributed by atoms with Crippen molar-refractivity contribution in [3.63, 3.8) is 0 Å². The van der Waals surface area contributed by atoms with Gasteiger partial charge in [-0.05, 0) is 60.5 Å². The van der Waals surface area contributed by atoms with Crippen molar-refractivity contribution in [2.24, 2.45) is 0 Å². The number of hydrogen-bond donors (Lipinski definition) is 2. The second kappa shape index (κ2) is 6.88. The Hall–Kier alpha value is -4.32. The van der Waals surface area contributed by atoms with Crippen LogP contribution in [0.4, 0.5) is 0 Å². The van der Waals surface area contributed by atoms with E-state index in [4.69, 9.17) is 4.98 Å². The van der Waals surface area contributed by atoms with Crippen LogP contribution in [0.25, 0.3) is 55.8 Å². The minimum absolute atomic E-state index is 0.750. The molecule has 0 spiro atoms. The zero-order chi connectivity index (χ0) is 20.8. The molecule has 0 aliphatic heterocycles. The Morgan fingerprint density at radius 2 is 1.74 bits per heavy atom. The SMILES string of the molecule is Cc1ccnc(-c2cccnc2)c1-c1ccc2[nH]nc(-c3nc4ccccc4[nH]3)c2c1. The number of H-pyrrole nitrogens is 2. The first-order valence-corrected chi connectivity index (χ1v) is 10.1. The van der Waals surface area contributed by atoms with E-state index in [0.717, 1.165) is 61.4 Å². The Balaban J connectivity index is 1.55. The molecule has 6 rings (SSSR count). The van der Waals surface area contributed by atoms with Crippen molar-refractivity contribution in [3.8, 4) is 33.9 Å². The average Bonchev–Trinajstić information content (AvgIpc) is 3.43. The van der Waals surface area contributed by atoms with E-state index in [1.165, 1.54) is 0 Å². The highest BCUT2D eigenvalue weighted by molar-refractivity contribution is 5.97. The first-order valence-electron chi connectivity index (χ1n) is 10.1. The number of fused-ring (bicyclic) bond motifs is 2. The Bertz CT molecular complexity index is 1510. The molecule has 0 atom stereocenters. The molecular formula is C25H18N6. The molecule has 0 aliphatic carbocycles. The fourth-order valence-electron chi connectivity index (χ4n) is 4.06. The molecule has 148 valence electrons. The lowest BCUT2D eigenvalue weighted by atomic mass is 9.95. The van der Waals surface area contributed by atoms with E-state index in [1.54, 1.807) is 6.20 Å². The van der Waals surface area contributed by atoms with E-state index < -0.39 is 0 Å².